The Morgan fingerprint density at radius 3 is 2.52 bits per heavy atom. The predicted molar refractivity (Wildman–Crippen MR) is 94.0 cm³/mol. The third-order valence-electron chi connectivity index (χ3n) is 4.43. The van der Waals surface area contributed by atoms with Gasteiger partial charge in [0, 0.05) is 12.7 Å². The molecule has 1 aromatic carbocycles. The molecule has 0 unspecified atom stereocenters. The lowest BCUT2D eigenvalue weighted by Gasteiger charge is -2.33. The van der Waals surface area contributed by atoms with Crippen molar-refractivity contribution in [3.8, 4) is 11.4 Å². The molecule has 7 nitrogen and oxygen atoms in total. The number of ether oxygens (including phenoxy) is 2. The summed E-state index contributed by atoms with van der Waals surface area (Å²) < 4.78 is 15.7. The zero-order valence-corrected chi connectivity index (χ0v) is 15.1. The molecule has 1 N–H and O–H groups in total. The van der Waals surface area contributed by atoms with Crippen molar-refractivity contribution in [1.29, 1.82) is 0 Å². The largest absolute Gasteiger partial charge is 0.465 e. The lowest BCUT2D eigenvalue weighted by molar-refractivity contribution is 0.0601. The van der Waals surface area contributed by atoms with Crippen molar-refractivity contribution in [3.63, 3.8) is 0 Å². The van der Waals surface area contributed by atoms with Crippen LogP contribution in [0.2, 0.25) is 0 Å². The van der Waals surface area contributed by atoms with E-state index in [2.05, 4.69) is 15.5 Å². The summed E-state index contributed by atoms with van der Waals surface area (Å²) in [5, 5.41) is 7.44. The first-order chi connectivity index (χ1) is 11.7. The van der Waals surface area contributed by atoms with Gasteiger partial charge in [0.2, 0.25) is 11.7 Å². The second kappa shape index (κ2) is 8.42. The fourth-order valence-corrected chi connectivity index (χ4v) is 3.03. The fraction of sp³-hybridized carbons (Fsp3) is 0.471. The number of piperidine rings is 1. The smallest absolute Gasteiger partial charge is 0.337 e. The molecule has 8 heteroatoms. The first kappa shape index (κ1) is 19.4. The first-order valence-corrected chi connectivity index (χ1v) is 7.91. The number of benzene rings is 1. The highest BCUT2D eigenvalue weighted by Gasteiger charge is 2.39. The molecule has 0 atom stereocenters. The van der Waals surface area contributed by atoms with Gasteiger partial charge in [0.05, 0.1) is 24.7 Å². The van der Waals surface area contributed by atoms with E-state index in [4.69, 9.17) is 14.0 Å². The molecule has 0 bridgehead atoms. The quantitative estimate of drug-likeness (QED) is 0.810. The molecule has 0 aliphatic carbocycles. The number of halogens is 1. The lowest BCUT2D eigenvalue weighted by Crippen LogP contribution is -2.43. The molecule has 25 heavy (non-hydrogen) atoms. The summed E-state index contributed by atoms with van der Waals surface area (Å²) in [4.78, 5) is 16.1. The van der Waals surface area contributed by atoms with Gasteiger partial charge in [-0.2, -0.15) is 4.98 Å². The van der Waals surface area contributed by atoms with Crippen LogP contribution in [0.1, 0.15) is 29.1 Å². The van der Waals surface area contributed by atoms with E-state index < -0.39 is 0 Å². The molecule has 3 rings (SSSR count). The minimum absolute atomic E-state index is 0. The second-order valence-corrected chi connectivity index (χ2v) is 5.96. The topological polar surface area (TPSA) is 86.5 Å². The first-order valence-electron chi connectivity index (χ1n) is 7.91. The van der Waals surface area contributed by atoms with Crippen LogP contribution in [0.25, 0.3) is 11.4 Å². The molecular formula is C17H22ClN3O4. The van der Waals surface area contributed by atoms with Crippen LogP contribution in [0.3, 0.4) is 0 Å². The Balaban J connectivity index is 0.00000225. The molecule has 1 aliphatic rings. The molecule has 0 spiro atoms. The number of carbonyl (C=O) groups is 1. The molecule has 0 amide bonds. The van der Waals surface area contributed by atoms with Crippen molar-refractivity contribution in [2.75, 3.05) is 33.9 Å². The fourth-order valence-electron chi connectivity index (χ4n) is 3.03. The Kier molecular flexibility index (Phi) is 6.52. The van der Waals surface area contributed by atoms with Crippen LogP contribution in [-0.4, -0.2) is 50.0 Å². The monoisotopic (exact) mass is 367 g/mol. The summed E-state index contributed by atoms with van der Waals surface area (Å²) in [5.41, 5.74) is 1.04. The number of hydrogen-bond donors (Lipinski definition) is 1. The number of hydrogen-bond acceptors (Lipinski definition) is 7. The second-order valence-electron chi connectivity index (χ2n) is 5.96. The molecule has 1 saturated heterocycles. The number of esters is 1. The van der Waals surface area contributed by atoms with E-state index in [0.29, 0.717) is 23.9 Å². The van der Waals surface area contributed by atoms with Gasteiger partial charge < -0.3 is 19.3 Å². The Morgan fingerprint density at radius 2 is 1.92 bits per heavy atom. The minimum atomic E-state index is -0.371. The van der Waals surface area contributed by atoms with Crippen molar-refractivity contribution in [1.82, 2.24) is 15.5 Å². The zero-order chi connectivity index (χ0) is 17.0. The van der Waals surface area contributed by atoms with Crippen molar-refractivity contribution in [3.05, 3.63) is 35.7 Å². The molecule has 1 fully saturated rings. The van der Waals surface area contributed by atoms with Gasteiger partial charge in [-0.1, -0.05) is 17.3 Å². The number of nitrogens with one attached hydrogen (secondary N) is 1. The lowest BCUT2D eigenvalue weighted by atomic mass is 9.79. The summed E-state index contributed by atoms with van der Waals surface area (Å²) >= 11 is 0. The Bertz CT molecular complexity index is 691. The van der Waals surface area contributed by atoms with Crippen LogP contribution < -0.4 is 5.32 Å². The summed E-state index contributed by atoms with van der Waals surface area (Å²) in [7, 11) is 3.04. The van der Waals surface area contributed by atoms with Gasteiger partial charge in [-0.05, 0) is 38.1 Å². The van der Waals surface area contributed by atoms with E-state index in [1.807, 2.05) is 0 Å². The van der Waals surface area contributed by atoms with Gasteiger partial charge in [0.1, 0.15) is 0 Å². The maximum absolute atomic E-state index is 11.5. The summed E-state index contributed by atoms with van der Waals surface area (Å²) in [6.45, 7) is 2.35. The van der Waals surface area contributed by atoms with E-state index in [0.717, 1.165) is 31.5 Å². The highest BCUT2D eigenvalue weighted by Crippen LogP contribution is 2.33. The average molecular weight is 368 g/mol. The standard InChI is InChI=1S/C17H21N3O4.ClH/c1-22-11-17(7-9-18-10-8-17)16-19-14(20-24-16)12-3-5-13(6-4-12)15(21)23-2;/h3-6,18H,7-11H2,1-2H3;1H. The Morgan fingerprint density at radius 1 is 1.24 bits per heavy atom. The van der Waals surface area contributed by atoms with Crippen LogP contribution in [0.4, 0.5) is 0 Å². The van der Waals surface area contributed by atoms with E-state index >= 15 is 0 Å². The molecule has 0 radical (unpaired) electrons. The highest BCUT2D eigenvalue weighted by molar-refractivity contribution is 5.89. The summed E-state index contributed by atoms with van der Waals surface area (Å²) in [6, 6.07) is 6.94. The average Bonchev–Trinajstić information content (AvgIpc) is 3.13. The number of nitrogens with zero attached hydrogens (tertiary/aromatic N) is 2. The summed E-state index contributed by atoms with van der Waals surface area (Å²) in [5.74, 6) is 0.748. The SMILES string of the molecule is COCC1(c2nc(-c3ccc(C(=O)OC)cc3)no2)CCNCC1.Cl. The van der Waals surface area contributed by atoms with E-state index in [1.165, 1.54) is 7.11 Å². The van der Waals surface area contributed by atoms with Crippen molar-refractivity contribution < 1.29 is 18.8 Å². The van der Waals surface area contributed by atoms with Crippen LogP contribution in [0, 0.1) is 0 Å². The number of rotatable bonds is 5. The number of carbonyl (C=O) groups excluding carboxylic acids is 1. The van der Waals surface area contributed by atoms with Gasteiger partial charge in [-0.3, -0.25) is 0 Å². The van der Waals surface area contributed by atoms with Crippen molar-refractivity contribution in [2.45, 2.75) is 18.3 Å². The molecule has 2 heterocycles. The van der Waals surface area contributed by atoms with E-state index in [-0.39, 0.29) is 23.8 Å². The minimum Gasteiger partial charge on any atom is -0.465 e. The Labute approximate surface area is 152 Å². The summed E-state index contributed by atoms with van der Waals surface area (Å²) in [6.07, 6.45) is 1.79. The van der Waals surface area contributed by atoms with E-state index in [9.17, 15) is 4.79 Å². The number of aromatic nitrogens is 2. The van der Waals surface area contributed by atoms with E-state index in [1.54, 1.807) is 31.4 Å². The van der Waals surface area contributed by atoms with Gasteiger partial charge in [-0.25, -0.2) is 4.79 Å². The molecular weight excluding hydrogens is 346 g/mol. The van der Waals surface area contributed by atoms with Crippen LogP contribution in [-0.2, 0) is 14.9 Å². The van der Waals surface area contributed by atoms with Crippen molar-refractivity contribution >= 4 is 18.4 Å². The number of methoxy groups -OCH3 is 2. The molecule has 1 aromatic heterocycles. The van der Waals surface area contributed by atoms with Gasteiger partial charge in [0.15, 0.2) is 0 Å². The molecule has 136 valence electrons. The van der Waals surface area contributed by atoms with Crippen molar-refractivity contribution in [2.24, 2.45) is 0 Å². The van der Waals surface area contributed by atoms with Crippen LogP contribution in [0.5, 0.6) is 0 Å². The van der Waals surface area contributed by atoms with Crippen LogP contribution in [0.15, 0.2) is 28.8 Å². The van der Waals surface area contributed by atoms with Gasteiger partial charge in [0.25, 0.3) is 0 Å². The molecule has 0 saturated carbocycles. The highest BCUT2D eigenvalue weighted by atomic mass is 35.5. The van der Waals surface area contributed by atoms with Gasteiger partial charge in [-0.15, -0.1) is 12.4 Å². The van der Waals surface area contributed by atoms with Gasteiger partial charge >= 0.3 is 5.97 Å². The maximum atomic E-state index is 11.5. The van der Waals surface area contributed by atoms with Crippen LogP contribution >= 0.6 is 12.4 Å². The zero-order valence-electron chi connectivity index (χ0n) is 14.3. The predicted octanol–water partition coefficient (Wildman–Crippen LogP) is 2.21. The third-order valence-corrected chi connectivity index (χ3v) is 4.43. The normalized spacial score (nSPS) is 16.1. The maximum Gasteiger partial charge on any atom is 0.337 e. The molecule has 1 aliphatic heterocycles. The third kappa shape index (κ3) is 4.00. The Hall–Kier alpha value is -1.96. The molecule has 2 aromatic rings.